The Morgan fingerprint density at radius 1 is 1.31 bits per heavy atom. The molecule has 2 aliphatic rings. The Hall–Kier alpha value is -1.42. The van der Waals surface area contributed by atoms with Gasteiger partial charge < -0.3 is 14.4 Å². The van der Waals surface area contributed by atoms with Crippen LogP contribution in [0.3, 0.4) is 0 Å². The highest BCUT2D eigenvalue weighted by atomic mass is 32.2. The fourth-order valence-corrected chi connectivity index (χ4v) is 5.64. The van der Waals surface area contributed by atoms with Crippen LogP contribution < -0.4 is 4.74 Å². The quantitative estimate of drug-likeness (QED) is 0.745. The van der Waals surface area contributed by atoms with E-state index in [-0.39, 0.29) is 40.8 Å². The van der Waals surface area contributed by atoms with Gasteiger partial charge in [-0.1, -0.05) is 6.92 Å². The molecule has 26 heavy (non-hydrogen) atoms. The van der Waals surface area contributed by atoms with Crippen LogP contribution in [0.4, 0.5) is 4.79 Å². The van der Waals surface area contributed by atoms with Crippen LogP contribution in [0.5, 0.6) is 5.88 Å². The molecule has 1 aromatic rings. The van der Waals surface area contributed by atoms with Gasteiger partial charge in [-0.3, -0.25) is 0 Å². The number of aromatic nitrogens is 2. The van der Waals surface area contributed by atoms with E-state index in [0.29, 0.717) is 19.4 Å². The van der Waals surface area contributed by atoms with E-state index >= 15 is 0 Å². The molecule has 3 rings (SSSR count). The summed E-state index contributed by atoms with van der Waals surface area (Å²) in [5.74, 6) is 0.276. The Morgan fingerprint density at radius 2 is 2.04 bits per heavy atom. The van der Waals surface area contributed by atoms with Gasteiger partial charge in [0.1, 0.15) is 11.7 Å². The summed E-state index contributed by atoms with van der Waals surface area (Å²) in [5.41, 5.74) is -0.524. The van der Waals surface area contributed by atoms with Crippen molar-refractivity contribution in [2.45, 2.75) is 69.7 Å². The van der Waals surface area contributed by atoms with Gasteiger partial charge in [-0.25, -0.2) is 13.2 Å². The average Bonchev–Trinajstić information content (AvgIpc) is 3.20. The molecule has 0 spiro atoms. The first kappa shape index (κ1) is 19.3. The van der Waals surface area contributed by atoms with Crippen molar-refractivity contribution >= 4 is 27.7 Å². The van der Waals surface area contributed by atoms with E-state index in [1.807, 2.05) is 20.8 Å². The molecule has 0 radical (unpaired) electrons. The number of amides is 1. The van der Waals surface area contributed by atoms with Gasteiger partial charge in [0, 0.05) is 24.9 Å². The molecule has 3 atom stereocenters. The summed E-state index contributed by atoms with van der Waals surface area (Å²) in [6.07, 6.45) is 1.54. The summed E-state index contributed by atoms with van der Waals surface area (Å²) in [6.45, 7) is 7.90. The number of rotatable bonds is 5. The Balaban J connectivity index is 1.65. The van der Waals surface area contributed by atoms with Crippen LogP contribution in [0.1, 0.15) is 47.0 Å². The second-order valence-electron chi connectivity index (χ2n) is 7.87. The number of nitrogens with zero attached hydrogens (tertiary/aromatic N) is 3. The van der Waals surface area contributed by atoms with E-state index in [0.717, 1.165) is 18.1 Å². The van der Waals surface area contributed by atoms with Crippen molar-refractivity contribution in [3.63, 3.8) is 0 Å². The zero-order valence-electron chi connectivity index (χ0n) is 15.5. The van der Waals surface area contributed by atoms with Crippen LogP contribution in [-0.4, -0.2) is 58.2 Å². The summed E-state index contributed by atoms with van der Waals surface area (Å²) < 4.78 is 43.9. The van der Waals surface area contributed by atoms with Gasteiger partial charge >= 0.3 is 6.09 Å². The molecule has 0 unspecified atom stereocenters. The van der Waals surface area contributed by atoms with Crippen LogP contribution >= 0.6 is 11.7 Å². The van der Waals surface area contributed by atoms with Crippen molar-refractivity contribution in [2.24, 2.45) is 5.92 Å². The standard InChI is InChI=1S/C16H25N3O5S2/c1-5-6-26(21,22)14-13(17-25-18-14)23-12-8-11-7-10(12)9-19(11)15(20)24-16(2,3)4/h10-12H,5-9H2,1-4H3/t10-,11-,12+/m1/s1. The van der Waals surface area contributed by atoms with E-state index in [2.05, 4.69) is 8.75 Å². The molecular formula is C16H25N3O5S2. The predicted molar refractivity (Wildman–Crippen MR) is 96.1 cm³/mol. The number of sulfone groups is 1. The highest BCUT2D eigenvalue weighted by Crippen LogP contribution is 2.41. The van der Waals surface area contributed by atoms with Gasteiger partial charge in [0.2, 0.25) is 14.9 Å². The summed E-state index contributed by atoms with van der Waals surface area (Å²) in [7, 11) is -3.47. The highest BCUT2D eigenvalue weighted by Gasteiger charge is 2.49. The Labute approximate surface area is 158 Å². The Morgan fingerprint density at radius 3 is 2.62 bits per heavy atom. The second-order valence-corrected chi connectivity index (χ2v) is 10.4. The zero-order chi connectivity index (χ0) is 19.1. The van der Waals surface area contributed by atoms with Crippen LogP contribution in [-0.2, 0) is 14.6 Å². The molecule has 1 aliphatic heterocycles. The molecule has 1 aromatic heterocycles. The molecule has 1 saturated heterocycles. The summed E-state index contributed by atoms with van der Waals surface area (Å²) in [4.78, 5) is 14.0. The fraction of sp³-hybridized carbons (Fsp3) is 0.812. The number of carbonyl (C=O) groups is 1. The van der Waals surface area contributed by atoms with Gasteiger partial charge in [0.05, 0.1) is 17.5 Å². The SMILES string of the molecule is CCCS(=O)(=O)c1nsnc1O[C@H]1C[C@H]2C[C@@H]1CN2C(=O)OC(C)(C)C. The third kappa shape index (κ3) is 3.95. The molecular weight excluding hydrogens is 378 g/mol. The van der Waals surface area contributed by atoms with E-state index in [1.165, 1.54) is 0 Å². The van der Waals surface area contributed by atoms with Gasteiger partial charge in [0.15, 0.2) is 0 Å². The molecule has 2 heterocycles. The lowest BCUT2D eigenvalue weighted by Crippen LogP contribution is -2.45. The van der Waals surface area contributed by atoms with E-state index in [1.54, 1.807) is 11.8 Å². The first-order chi connectivity index (χ1) is 12.1. The Kier molecular flexibility index (Phi) is 5.17. The maximum absolute atomic E-state index is 12.3. The summed E-state index contributed by atoms with van der Waals surface area (Å²) in [5, 5.41) is -0.0591. The first-order valence-electron chi connectivity index (χ1n) is 8.82. The minimum absolute atomic E-state index is 0.0257. The van der Waals surface area contributed by atoms with Crippen molar-refractivity contribution in [1.82, 2.24) is 13.6 Å². The summed E-state index contributed by atoms with van der Waals surface area (Å²) in [6, 6.07) is 0.0575. The lowest BCUT2D eigenvalue weighted by molar-refractivity contribution is 0.00998. The van der Waals surface area contributed by atoms with Crippen LogP contribution in [0.15, 0.2) is 5.03 Å². The number of likely N-dealkylation sites (tertiary alicyclic amines) is 1. The maximum Gasteiger partial charge on any atom is 0.410 e. The molecule has 0 N–H and O–H groups in total. The predicted octanol–water partition coefficient (Wildman–Crippen LogP) is 2.50. The fourth-order valence-electron chi connectivity index (χ4n) is 3.54. The number of carbonyl (C=O) groups excluding carboxylic acids is 1. The molecule has 2 fully saturated rings. The third-order valence-corrected chi connectivity index (χ3v) is 6.99. The number of ether oxygens (including phenoxy) is 2. The lowest BCUT2D eigenvalue weighted by atomic mass is 10.1. The van der Waals surface area contributed by atoms with Crippen molar-refractivity contribution in [1.29, 1.82) is 0 Å². The molecule has 1 amide bonds. The molecule has 146 valence electrons. The van der Waals surface area contributed by atoms with Gasteiger partial charge in [-0.15, -0.1) is 4.37 Å². The number of hydrogen-bond acceptors (Lipinski definition) is 8. The number of fused-ring (bicyclic) bond motifs is 2. The van der Waals surface area contributed by atoms with Crippen molar-refractivity contribution < 1.29 is 22.7 Å². The summed E-state index contributed by atoms with van der Waals surface area (Å²) >= 11 is 0.845. The highest BCUT2D eigenvalue weighted by molar-refractivity contribution is 7.91. The third-order valence-electron chi connectivity index (χ3n) is 4.57. The molecule has 10 heteroatoms. The van der Waals surface area contributed by atoms with Gasteiger partial charge in [-0.05, 0) is 33.6 Å². The van der Waals surface area contributed by atoms with Crippen molar-refractivity contribution in [3.05, 3.63) is 0 Å². The topological polar surface area (TPSA) is 98.7 Å². The molecule has 0 aromatic carbocycles. The van der Waals surface area contributed by atoms with Crippen LogP contribution in [0.2, 0.25) is 0 Å². The van der Waals surface area contributed by atoms with E-state index < -0.39 is 15.4 Å². The van der Waals surface area contributed by atoms with E-state index in [4.69, 9.17) is 9.47 Å². The largest absolute Gasteiger partial charge is 0.471 e. The monoisotopic (exact) mass is 403 g/mol. The second kappa shape index (κ2) is 6.95. The van der Waals surface area contributed by atoms with Crippen LogP contribution in [0.25, 0.3) is 0 Å². The lowest BCUT2D eigenvalue weighted by Gasteiger charge is -2.32. The first-order valence-corrected chi connectivity index (χ1v) is 11.2. The molecule has 2 bridgehead atoms. The number of piperidine rings is 1. The normalized spacial score (nSPS) is 25.5. The molecule has 1 saturated carbocycles. The van der Waals surface area contributed by atoms with Gasteiger partial charge in [-0.2, -0.15) is 4.37 Å². The zero-order valence-corrected chi connectivity index (χ0v) is 17.1. The van der Waals surface area contributed by atoms with E-state index in [9.17, 15) is 13.2 Å². The minimum atomic E-state index is -3.47. The molecule has 8 nitrogen and oxygen atoms in total. The average molecular weight is 404 g/mol. The smallest absolute Gasteiger partial charge is 0.410 e. The van der Waals surface area contributed by atoms with Gasteiger partial charge in [0.25, 0.3) is 5.88 Å². The Bertz CT molecular complexity index is 771. The van der Waals surface area contributed by atoms with Crippen LogP contribution in [0, 0.1) is 5.92 Å². The maximum atomic E-state index is 12.3. The number of hydrogen-bond donors (Lipinski definition) is 0. The molecule has 1 aliphatic carbocycles. The minimum Gasteiger partial charge on any atom is -0.471 e. The van der Waals surface area contributed by atoms with Crippen molar-refractivity contribution in [2.75, 3.05) is 12.3 Å². The van der Waals surface area contributed by atoms with Crippen molar-refractivity contribution in [3.8, 4) is 5.88 Å².